The molecular formula is C19H31N3O2. The second kappa shape index (κ2) is 6.01. The molecule has 0 spiro atoms. The van der Waals surface area contributed by atoms with Crippen molar-refractivity contribution >= 4 is 11.8 Å². The lowest BCUT2D eigenvalue weighted by Gasteiger charge is -2.56. The summed E-state index contributed by atoms with van der Waals surface area (Å²) in [6.45, 7) is 2.00. The highest BCUT2D eigenvalue weighted by molar-refractivity contribution is 6.35. The molecule has 1 N–H and O–H groups in total. The van der Waals surface area contributed by atoms with Crippen LogP contribution in [0.2, 0.25) is 0 Å². The molecule has 0 atom stereocenters. The topological polar surface area (TPSA) is 52.7 Å². The molecule has 0 unspecified atom stereocenters. The first-order valence-electron chi connectivity index (χ1n) is 9.72. The summed E-state index contributed by atoms with van der Waals surface area (Å²) in [7, 11) is 3.91. The van der Waals surface area contributed by atoms with E-state index >= 15 is 0 Å². The number of carbonyl (C=O) groups is 2. The maximum Gasteiger partial charge on any atom is 0.311 e. The second-order valence-electron chi connectivity index (χ2n) is 9.10. The van der Waals surface area contributed by atoms with Crippen LogP contribution in [0.15, 0.2) is 0 Å². The summed E-state index contributed by atoms with van der Waals surface area (Å²) in [6.07, 6.45) is 9.24. The summed E-state index contributed by atoms with van der Waals surface area (Å²) >= 11 is 0. The first-order valence-corrected chi connectivity index (χ1v) is 9.72. The van der Waals surface area contributed by atoms with Gasteiger partial charge in [-0.3, -0.25) is 9.59 Å². The third-order valence-electron chi connectivity index (χ3n) is 7.17. The van der Waals surface area contributed by atoms with E-state index in [0.717, 1.165) is 62.9 Å². The number of likely N-dealkylation sites (tertiary alicyclic amines) is 1. The minimum absolute atomic E-state index is 0.0743. The van der Waals surface area contributed by atoms with Crippen LogP contribution in [0.25, 0.3) is 0 Å². The first kappa shape index (κ1) is 16.4. The minimum atomic E-state index is -0.363. The highest BCUT2D eigenvalue weighted by atomic mass is 16.2. The molecule has 134 valence electrons. The molecule has 5 rings (SSSR count). The summed E-state index contributed by atoms with van der Waals surface area (Å²) in [6, 6.07) is 0.204. The minimum Gasteiger partial charge on any atom is -0.342 e. The van der Waals surface area contributed by atoms with E-state index in [1.165, 1.54) is 19.3 Å². The lowest BCUT2D eigenvalue weighted by molar-refractivity contribution is -0.149. The van der Waals surface area contributed by atoms with Crippen LogP contribution < -0.4 is 5.32 Å². The fourth-order valence-corrected chi connectivity index (χ4v) is 6.27. The van der Waals surface area contributed by atoms with Crippen molar-refractivity contribution in [3.05, 3.63) is 0 Å². The van der Waals surface area contributed by atoms with Gasteiger partial charge in [0.15, 0.2) is 0 Å². The zero-order valence-electron chi connectivity index (χ0n) is 15.1. The average molecular weight is 333 g/mol. The Kier molecular flexibility index (Phi) is 4.10. The van der Waals surface area contributed by atoms with Crippen molar-refractivity contribution in [1.29, 1.82) is 0 Å². The Morgan fingerprint density at radius 3 is 2.00 bits per heavy atom. The molecule has 5 heteroatoms. The molecule has 2 amide bonds. The first-order chi connectivity index (χ1) is 11.4. The zero-order valence-corrected chi connectivity index (χ0v) is 15.1. The molecule has 1 saturated heterocycles. The number of hydrogen-bond donors (Lipinski definition) is 1. The number of hydrogen-bond acceptors (Lipinski definition) is 3. The van der Waals surface area contributed by atoms with Gasteiger partial charge in [-0.15, -0.1) is 0 Å². The standard InChI is InChI=1S/C19H31N3O2/c1-21-5-3-16(4-6-21)22(2)18(24)17(23)20-19-10-13-7-14(11-19)9-15(8-13)12-19/h13-16H,3-12H2,1-2H3,(H,20,23). The van der Waals surface area contributed by atoms with Gasteiger partial charge in [0.25, 0.3) is 0 Å². The summed E-state index contributed by atoms with van der Waals surface area (Å²) in [5.74, 6) is 1.63. The van der Waals surface area contributed by atoms with Crippen LogP contribution in [0.1, 0.15) is 51.4 Å². The van der Waals surface area contributed by atoms with Crippen molar-refractivity contribution in [3.63, 3.8) is 0 Å². The molecule has 4 saturated carbocycles. The molecule has 0 aromatic heterocycles. The Morgan fingerprint density at radius 2 is 1.50 bits per heavy atom. The molecule has 0 radical (unpaired) electrons. The van der Waals surface area contributed by atoms with Crippen LogP contribution >= 0.6 is 0 Å². The van der Waals surface area contributed by atoms with Gasteiger partial charge in [0, 0.05) is 18.6 Å². The molecule has 5 fully saturated rings. The highest BCUT2D eigenvalue weighted by Gasteiger charge is 2.52. The summed E-state index contributed by atoms with van der Waals surface area (Å²) in [5.41, 5.74) is -0.0743. The number of nitrogens with one attached hydrogen (secondary N) is 1. The van der Waals surface area contributed by atoms with Crippen LogP contribution in [-0.4, -0.2) is 60.4 Å². The van der Waals surface area contributed by atoms with Gasteiger partial charge >= 0.3 is 11.8 Å². The summed E-state index contributed by atoms with van der Waals surface area (Å²) < 4.78 is 0. The third kappa shape index (κ3) is 2.96. The third-order valence-corrected chi connectivity index (χ3v) is 7.17. The number of nitrogens with zero attached hydrogens (tertiary/aromatic N) is 2. The Balaban J connectivity index is 1.38. The molecule has 5 aliphatic rings. The molecular weight excluding hydrogens is 302 g/mol. The normalized spacial score (nSPS) is 39.0. The van der Waals surface area contributed by atoms with Gasteiger partial charge in [-0.05, 0) is 89.3 Å². The fraction of sp³-hybridized carbons (Fsp3) is 0.895. The molecule has 24 heavy (non-hydrogen) atoms. The molecule has 1 aliphatic heterocycles. The number of piperidine rings is 1. The monoisotopic (exact) mass is 333 g/mol. The molecule has 0 aromatic rings. The molecule has 0 aromatic carbocycles. The quantitative estimate of drug-likeness (QED) is 0.782. The van der Waals surface area contributed by atoms with E-state index in [4.69, 9.17) is 0 Å². The highest BCUT2D eigenvalue weighted by Crippen LogP contribution is 2.55. The van der Waals surface area contributed by atoms with Gasteiger partial charge in [-0.1, -0.05) is 0 Å². The predicted octanol–water partition coefficient (Wildman–Crippen LogP) is 1.62. The Labute approximate surface area is 145 Å². The van der Waals surface area contributed by atoms with Gasteiger partial charge in [0.05, 0.1) is 0 Å². The van der Waals surface area contributed by atoms with Crippen LogP contribution in [0.5, 0.6) is 0 Å². The maximum absolute atomic E-state index is 12.7. The van der Waals surface area contributed by atoms with E-state index in [1.807, 2.05) is 0 Å². The van der Waals surface area contributed by atoms with Gasteiger partial charge in [-0.2, -0.15) is 0 Å². The van der Waals surface area contributed by atoms with E-state index in [-0.39, 0.29) is 23.4 Å². The number of rotatable bonds is 2. The van der Waals surface area contributed by atoms with Crippen molar-refractivity contribution in [1.82, 2.24) is 15.1 Å². The smallest absolute Gasteiger partial charge is 0.311 e. The largest absolute Gasteiger partial charge is 0.342 e. The van der Waals surface area contributed by atoms with Crippen LogP contribution in [0.3, 0.4) is 0 Å². The number of likely N-dealkylation sites (N-methyl/N-ethyl adjacent to an activating group) is 1. The fourth-order valence-electron chi connectivity index (χ4n) is 6.27. The van der Waals surface area contributed by atoms with Crippen LogP contribution in [-0.2, 0) is 9.59 Å². The van der Waals surface area contributed by atoms with E-state index in [9.17, 15) is 9.59 Å². The molecule has 5 nitrogen and oxygen atoms in total. The molecule has 1 heterocycles. The maximum atomic E-state index is 12.7. The van der Waals surface area contributed by atoms with E-state index in [0.29, 0.717) is 0 Å². The van der Waals surface area contributed by atoms with Gasteiger partial charge in [0.2, 0.25) is 0 Å². The van der Waals surface area contributed by atoms with Gasteiger partial charge in [0.1, 0.15) is 0 Å². The van der Waals surface area contributed by atoms with Crippen molar-refractivity contribution in [2.24, 2.45) is 17.8 Å². The molecule has 4 bridgehead atoms. The second-order valence-corrected chi connectivity index (χ2v) is 9.10. The average Bonchev–Trinajstić information content (AvgIpc) is 2.52. The summed E-state index contributed by atoms with van der Waals surface area (Å²) in [4.78, 5) is 29.3. The van der Waals surface area contributed by atoms with Crippen LogP contribution in [0.4, 0.5) is 0 Å². The summed E-state index contributed by atoms with van der Waals surface area (Å²) in [5, 5.41) is 3.21. The Bertz CT molecular complexity index is 489. The molecule has 4 aliphatic carbocycles. The Hall–Kier alpha value is -1.10. The zero-order chi connectivity index (χ0) is 16.9. The number of carbonyl (C=O) groups excluding carboxylic acids is 2. The van der Waals surface area contributed by atoms with Crippen LogP contribution in [0, 0.1) is 17.8 Å². The number of amides is 2. The SMILES string of the molecule is CN1CCC(N(C)C(=O)C(=O)NC23CC4CC(CC(C4)C2)C3)CC1. The van der Waals surface area contributed by atoms with Gasteiger partial charge < -0.3 is 15.1 Å². The lowest BCUT2D eigenvalue weighted by atomic mass is 9.53. The van der Waals surface area contributed by atoms with Crippen molar-refractivity contribution < 1.29 is 9.59 Å². The van der Waals surface area contributed by atoms with Crippen molar-refractivity contribution in [2.75, 3.05) is 27.2 Å². The van der Waals surface area contributed by atoms with E-state index in [1.54, 1.807) is 11.9 Å². The lowest BCUT2D eigenvalue weighted by Crippen LogP contribution is -2.62. The van der Waals surface area contributed by atoms with Crippen molar-refractivity contribution in [2.45, 2.75) is 62.9 Å². The van der Waals surface area contributed by atoms with E-state index in [2.05, 4.69) is 17.3 Å². The predicted molar refractivity (Wildman–Crippen MR) is 92.3 cm³/mol. The van der Waals surface area contributed by atoms with Gasteiger partial charge in [-0.25, -0.2) is 0 Å². The van der Waals surface area contributed by atoms with Crippen molar-refractivity contribution in [3.8, 4) is 0 Å². The Morgan fingerprint density at radius 1 is 1.00 bits per heavy atom. The van der Waals surface area contributed by atoms with E-state index < -0.39 is 0 Å².